The molecule has 90 valence electrons. The molecule has 0 spiro atoms. The van der Waals surface area contributed by atoms with Crippen LogP contribution in [0.3, 0.4) is 0 Å². The third kappa shape index (κ3) is 2.07. The molecule has 0 unspecified atom stereocenters. The van der Waals surface area contributed by atoms with Gasteiger partial charge < -0.3 is 0 Å². The highest BCUT2D eigenvalue weighted by molar-refractivity contribution is 5.95. The van der Waals surface area contributed by atoms with Crippen LogP contribution in [0, 0.1) is 18.3 Å². The molecular weight excluding hydrogens is 232 g/mol. The van der Waals surface area contributed by atoms with E-state index >= 15 is 0 Å². The van der Waals surface area contributed by atoms with Crippen LogP contribution in [0.25, 0.3) is 22.0 Å². The van der Waals surface area contributed by atoms with E-state index in [1.54, 1.807) is 0 Å². The number of pyridine rings is 1. The topological polar surface area (TPSA) is 36.7 Å². The molecule has 3 aromatic rings. The first-order chi connectivity index (χ1) is 9.28. The van der Waals surface area contributed by atoms with Crippen molar-refractivity contribution < 1.29 is 0 Å². The molecule has 2 heteroatoms. The zero-order valence-electron chi connectivity index (χ0n) is 10.6. The molecule has 0 atom stereocenters. The summed E-state index contributed by atoms with van der Waals surface area (Å²) in [6, 6.07) is 20.2. The predicted octanol–water partition coefficient (Wildman–Crippen LogP) is 4.08. The summed E-state index contributed by atoms with van der Waals surface area (Å²) in [5.41, 5.74) is 4.64. The fourth-order valence-electron chi connectivity index (χ4n) is 2.25. The highest BCUT2D eigenvalue weighted by Gasteiger charge is 2.07. The van der Waals surface area contributed by atoms with Crippen LogP contribution in [0.5, 0.6) is 0 Å². The maximum absolute atomic E-state index is 9.13. The molecule has 0 bridgehead atoms. The lowest BCUT2D eigenvalue weighted by molar-refractivity contribution is 1.32. The Labute approximate surface area is 112 Å². The lowest BCUT2D eigenvalue weighted by Crippen LogP contribution is -1.90. The van der Waals surface area contributed by atoms with E-state index in [1.165, 1.54) is 0 Å². The fraction of sp³-hybridized carbons (Fsp3) is 0.0588. The van der Waals surface area contributed by atoms with Crippen LogP contribution >= 0.6 is 0 Å². The van der Waals surface area contributed by atoms with E-state index in [0.717, 1.165) is 27.6 Å². The van der Waals surface area contributed by atoms with Crippen molar-refractivity contribution in [2.24, 2.45) is 0 Å². The second-order valence-corrected chi connectivity index (χ2v) is 4.55. The molecule has 0 aliphatic rings. The first-order valence-electron chi connectivity index (χ1n) is 6.15. The van der Waals surface area contributed by atoms with Crippen molar-refractivity contribution in [3.63, 3.8) is 0 Å². The Kier molecular flexibility index (Phi) is 2.74. The van der Waals surface area contributed by atoms with E-state index in [4.69, 9.17) is 5.26 Å². The molecule has 3 rings (SSSR count). The van der Waals surface area contributed by atoms with E-state index in [2.05, 4.69) is 35.3 Å². The minimum absolute atomic E-state index is 0.456. The van der Waals surface area contributed by atoms with Crippen molar-refractivity contribution in [1.82, 2.24) is 4.98 Å². The summed E-state index contributed by atoms with van der Waals surface area (Å²) >= 11 is 0. The molecule has 0 radical (unpaired) electrons. The molecule has 19 heavy (non-hydrogen) atoms. The van der Waals surface area contributed by atoms with Gasteiger partial charge in [0.15, 0.2) is 0 Å². The van der Waals surface area contributed by atoms with E-state index in [9.17, 15) is 0 Å². The van der Waals surface area contributed by atoms with E-state index in [-0.39, 0.29) is 0 Å². The number of aromatic nitrogens is 1. The monoisotopic (exact) mass is 244 g/mol. The highest BCUT2D eigenvalue weighted by atomic mass is 14.7. The number of nitriles is 1. The first kappa shape index (κ1) is 11.4. The van der Waals surface area contributed by atoms with Crippen LogP contribution in [0.1, 0.15) is 11.3 Å². The summed E-state index contributed by atoms with van der Waals surface area (Å²) in [4.78, 5) is 4.38. The molecule has 0 saturated carbocycles. The normalized spacial score (nSPS) is 10.3. The van der Waals surface area contributed by atoms with Crippen LogP contribution in [-0.2, 0) is 0 Å². The summed E-state index contributed by atoms with van der Waals surface area (Å²) in [5, 5.41) is 10.2. The second kappa shape index (κ2) is 4.55. The van der Waals surface area contributed by atoms with Crippen molar-refractivity contribution >= 4 is 10.9 Å². The van der Waals surface area contributed by atoms with Gasteiger partial charge in [-0.2, -0.15) is 5.26 Å². The van der Waals surface area contributed by atoms with E-state index < -0.39 is 0 Å². The number of benzene rings is 2. The van der Waals surface area contributed by atoms with Gasteiger partial charge in [-0.25, -0.2) is 4.98 Å². The van der Waals surface area contributed by atoms with Crippen LogP contribution in [0.4, 0.5) is 0 Å². The number of rotatable bonds is 1. The van der Waals surface area contributed by atoms with Gasteiger partial charge in [0, 0.05) is 5.39 Å². The molecule has 1 aromatic heterocycles. The lowest BCUT2D eigenvalue weighted by Gasteiger charge is -2.08. The van der Waals surface area contributed by atoms with Crippen molar-refractivity contribution in [2.45, 2.75) is 6.92 Å². The number of nitrogens with zero attached hydrogens (tertiary/aromatic N) is 2. The quantitative estimate of drug-likeness (QED) is 0.646. The standard InChI is InChI=1S/C17H12N2/c1-12-7-8-15-16(13-5-3-2-4-6-13)10-14(11-18)19-17(15)9-12/h2-10H,1H3. The van der Waals surface area contributed by atoms with Crippen LogP contribution in [-0.4, -0.2) is 4.98 Å². The molecule has 0 aliphatic heterocycles. The average molecular weight is 244 g/mol. The zero-order chi connectivity index (χ0) is 13.2. The molecule has 2 nitrogen and oxygen atoms in total. The van der Waals surface area contributed by atoms with Gasteiger partial charge in [-0.1, -0.05) is 42.5 Å². The van der Waals surface area contributed by atoms with E-state index in [0.29, 0.717) is 5.69 Å². The minimum atomic E-state index is 0.456. The second-order valence-electron chi connectivity index (χ2n) is 4.55. The van der Waals surface area contributed by atoms with Crippen molar-refractivity contribution in [3.05, 3.63) is 65.9 Å². The molecule has 0 saturated heterocycles. The summed E-state index contributed by atoms with van der Waals surface area (Å²) in [7, 11) is 0. The van der Waals surface area contributed by atoms with Crippen LogP contribution in [0.15, 0.2) is 54.6 Å². The molecule has 1 heterocycles. The smallest absolute Gasteiger partial charge is 0.141 e. The van der Waals surface area contributed by atoms with Gasteiger partial charge >= 0.3 is 0 Å². The summed E-state index contributed by atoms with van der Waals surface area (Å²) in [5.74, 6) is 0. The molecule has 0 N–H and O–H groups in total. The molecule has 0 fully saturated rings. The number of hydrogen-bond donors (Lipinski definition) is 0. The number of aryl methyl sites for hydroxylation is 1. The van der Waals surface area contributed by atoms with Crippen LogP contribution < -0.4 is 0 Å². The van der Waals surface area contributed by atoms with E-state index in [1.807, 2.05) is 37.3 Å². The molecular formula is C17H12N2. The molecule has 0 amide bonds. The summed E-state index contributed by atoms with van der Waals surface area (Å²) in [6.45, 7) is 2.03. The Morgan fingerprint density at radius 1 is 1.00 bits per heavy atom. The van der Waals surface area contributed by atoms with Crippen molar-refractivity contribution in [1.29, 1.82) is 5.26 Å². The first-order valence-corrected chi connectivity index (χ1v) is 6.15. The van der Waals surface area contributed by atoms with Crippen molar-refractivity contribution in [2.75, 3.05) is 0 Å². The van der Waals surface area contributed by atoms with Gasteiger partial charge in [0.05, 0.1) is 5.52 Å². The third-order valence-electron chi connectivity index (χ3n) is 3.16. The average Bonchev–Trinajstić information content (AvgIpc) is 2.46. The minimum Gasteiger partial charge on any atom is -0.237 e. The predicted molar refractivity (Wildman–Crippen MR) is 76.6 cm³/mol. The van der Waals surface area contributed by atoms with Gasteiger partial charge in [0.1, 0.15) is 11.8 Å². The van der Waals surface area contributed by atoms with Gasteiger partial charge in [-0.15, -0.1) is 0 Å². The Balaban J connectivity index is 2.38. The number of hydrogen-bond acceptors (Lipinski definition) is 2. The summed E-state index contributed by atoms with van der Waals surface area (Å²) in [6.07, 6.45) is 0. The van der Waals surface area contributed by atoms with Gasteiger partial charge in [0.25, 0.3) is 0 Å². The summed E-state index contributed by atoms with van der Waals surface area (Å²) < 4.78 is 0. The van der Waals surface area contributed by atoms with Crippen LogP contribution in [0.2, 0.25) is 0 Å². The van der Waals surface area contributed by atoms with Gasteiger partial charge in [-0.3, -0.25) is 0 Å². The maximum atomic E-state index is 9.13. The highest BCUT2D eigenvalue weighted by Crippen LogP contribution is 2.28. The SMILES string of the molecule is Cc1ccc2c(-c3ccccc3)cc(C#N)nc2c1. The fourth-order valence-corrected chi connectivity index (χ4v) is 2.25. The Bertz CT molecular complexity index is 783. The maximum Gasteiger partial charge on any atom is 0.141 e. The van der Waals surface area contributed by atoms with Gasteiger partial charge in [-0.05, 0) is 35.7 Å². The molecule has 0 aliphatic carbocycles. The largest absolute Gasteiger partial charge is 0.237 e. The van der Waals surface area contributed by atoms with Crippen molar-refractivity contribution in [3.8, 4) is 17.2 Å². The lowest BCUT2D eigenvalue weighted by atomic mass is 9.99. The zero-order valence-corrected chi connectivity index (χ0v) is 10.6. The Morgan fingerprint density at radius 2 is 1.79 bits per heavy atom. The van der Waals surface area contributed by atoms with Gasteiger partial charge in [0.2, 0.25) is 0 Å². The Morgan fingerprint density at radius 3 is 2.53 bits per heavy atom. The third-order valence-corrected chi connectivity index (χ3v) is 3.16. The molecule has 2 aromatic carbocycles. The number of fused-ring (bicyclic) bond motifs is 1. The Hall–Kier alpha value is -2.66.